The van der Waals surface area contributed by atoms with Gasteiger partial charge in [-0.25, -0.2) is 9.97 Å². The van der Waals surface area contributed by atoms with Gasteiger partial charge in [0, 0.05) is 48.7 Å². The minimum Gasteiger partial charge on any atom is -0.472 e. The third-order valence-electron chi connectivity index (χ3n) is 10.3. The Labute approximate surface area is 392 Å². The number of carbonyl (C=O) groups excluding carboxylic acids is 2. The zero-order chi connectivity index (χ0) is 47.7. The SMILES string of the molecule is CCC(O)(c1ccccc1)c1cnc(OCc2ccccc2/C(=N\OC)C(=O)NC)c(Cl)c1.CNC(=O)/C(=N/OC)c1ccccc1COc1ncc(C(O)(CO)c2ccccc2)cc1Cl. The average molecular weight is 938 g/mol. The number of hydrogen-bond donors (Lipinski definition) is 5. The first-order valence-electron chi connectivity index (χ1n) is 20.5. The van der Waals surface area contributed by atoms with E-state index in [0.717, 1.165) is 5.56 Å². The van der Waals surface area contributed by atoms with Crippen molar-refractivity contribution in [2.24, 2.45) is 10.3 Å². The maximum absolute atomic E-state index is 12.2. The number of amides is 2. The Hall–Kier alpha value is -6.88. The van der Waals surface area contributed by atoms with Gasteiger partial charge in [-0.05, 0) is 40.8 Å². The molecule has 0 aliphatic heterocycles. The van der Waals surface area contributed by atoms with Crippen LogP contribution in [0.3, 0.4) is 0 Å². The predicted octanol–water partition coefficient (Wildman–Crippen LogP) is 6.70. The largest absolute Gasteiger partial charge is 0.472 e. The molecule has 6 rings (SSSR count). The Bertz CT molecular complexity index is 2460. The Kier molecular flexibility index (Phi) is 18.1. The van der Waals surface area contributed by atoms with E-state index in [1.54, 1.807) is 72.9 Å². The van der Waals surface area contributed by atoms with E-state index in [4.69, 9.17) is 42.4 Å². The number of ether oxygens (including phenoxy) is 2. The molecule has 2 aromatic heterocycles. The molecule has 0 fully saturated rings. The first-order chi connectivity index (χ1) is 31.9. The highest BCUT2D eigenvalue weighted by Crippen LogP contribution is 2.36. The number of pyridine rings is 2. The molecule has 2 unspecified atom stereocenters. The minimum atomic E-state index is -1.66. The second-order valence-electron chi connectivity index (χ2n) is 14.3. The molecule has 5 N–H and O–H groups in total. The third-order valence-corrected chi connectivity index (χ3v) is 10.9. The average Bonchev–Trinajstić information content (AvgIpc) is 3.36. The van der Waals surface area contributed by atoms with Gasteiger partial charge in [0.1, 0.15) is 48.7 Å². The van der Waals surface area contributed by atoms with E-state index in [1.165, 1.54) is 40.6 Å². The van der Waals surface area contributed by atoms with E-state index in [9.17, 15) is 24.9 Å². The number of halogens is 2. The lowest BCUT2D eigenvalue weighted by Gasteiger charge is -2.28. The summed E-state index contributed by atoms with van der Waals surface area (Å²) >= 11 is 12.8. The van der Waals surface area contributed by atoms with Crippen LogP contribution < -0.4 is 20.1 Å². The summed E-state index contributed by atoms with van der Waals surface area (Å²) in [7, 11) is 5.75. The molecule has 0 spiro atoms. The topological polar surface area (TPSA) is 206 Å². The van der Waals surface area contributed by atoms with Gasteiger partial charge in [-0.15, -0.1) is 0 Å². The fourth-order valence-electron chi connectivity index (χ4n) is 6.76. The van der Waals surface area contributed by atoms with Crippen LogP contribution in [0.15, 0.2) is 144 Å². The second kappa shape index (κ2) is 23.9. The summed E-state index contributed by atoms with van der Waals surface area (Å²) in [6.07, 6.45) is 3.41. The minimum absolute atomic E-state index is 0.0465. The number of carbonyl (C=O) groups is 2. The number of likely N-dealkylation sites (N-methyl/N-ethyl adjacent to an activating group) is 2. The van der Waals surface area contributed by atoms with Crippen LogP contribution in [0.25, 0.3) is 0 Å². The van der Waals surface area contributed by atoms with Crippen LogP contribution in [0.4, 0.5) is 0 Å². The molecule has 0 bridgehead atoms. The molecule has 6 aromatic rings. The standard InChI is InChI=1S/C25H26ClN3O4.C24H24ClN3O5/c1-4-25(31,18-11-6-5-7-12-18)19-14-21(26)24(28-15-19)33-16-17-10-8-9-13-20(17)22(29-32-3)23(30)27-2;1-26-22(30)21(28-32-2)19-11-7-6-8-16(19)14-33-23-20(25)12-18(13-27-23)24(31,15-29)17-9-4-3-5-10-17/h5-15,31H,4,16H2,1-3H3,(H,27,30);3-13,29,31H,14-15H2,1-2H3,(H,26,30)/b29-22+;28-21+. The molecule has 0 aliphatic rings. The number of nitrogens with zero attached hydrogens (tertiary/aromatic N) is 4. The highest BCUT2D eigenvalue weighted by Gasteiger charge is 2.33. The molecular formula is C49H50Cl2N6O9. The summed E-state index contributed by atoms with van der Waals surface area (Å²) in [6, 6.07) is 35.6. The van der Waals surface area contributed by atoms with Crippen molar-refractivity contribution < 1.29 is 44.1 Å². The molecule has 0 saturated heterocycles. The summed E-state index contributed by atoms with van der Waals surface area (Å²) < 4.78 is 11.7. The molecule has 17 heteroatoms. The Balaban J connectivity index is 0.000000247. The van der Waals surface area contributed by atoms with Gasteiger partial charge in [0.2, 0.25) is 11.8 Å². The van der Waals surface area contributed by atoms with Gasteiger partial charge in [-0.2, -0.15) is 0 Å². The lowest BCUT2D eigenvalue weighted by molar-refractivity contribution is -0.115. The number of aromatic nitrogens is 2. The van der Waals surface area contributed by atoms with Crippen LogP contribution in [0, 0.1) is 0 Å². The molecule has 15 nitrogen and oxygen atoms in total. The summed E-state index contributed by atoms with van der Waals surface area (Å²) in [5.74, 6) is -0.445. The number of oxime groups is 2. The van der Waals surface area contributed by atoms with E-state index in [1.807, 2.05) is 55.5 Å². The van der Waals surface area contributed by atoms with Crippen LogP contribution >= 0.6 is 23.2 Å². The molecule has 2 atom stereocenters. The van der Waals surface area contributed by atoms with Crippen molar-refractivity contribution in [3.8, 4) is 11.8 Å². The van der Waals surface area contributed by atoms with Crippen molar-refractivity contribution in [1.29, 1.82) is 0 Å². The molecule has 0 aliphatic carbocycles. The molecular weight excluding hydrogens is 887 g/mol. The van der Waals surface area contributed by atoms with Crippen LogP contribution in [0.5, 0.6) is 11.8 Å². The summed E-state index contributed by atoms with van der Waals surface area (Å²) in [6.45, 7) is 1.49. The van der Waals surface area contributed by atoms with Gasteiger partial charge in [0.05, 0.1) is 6.61 Å². The van der Waals surface area contributed by atoms with Crippen molar-refractivity contribution in [3.63, 3.8) is 0 Å². The lowest BCUT2D eigenvalue weighted by atomic mass is 9.85. The number of aliphatic hydroxyl groups is 3. The van der Waals surface area contributed by atoms with Crippen molar-refractivity contribution in [3.05, 3.63) is 188 Å². The number of aliphatic hydroxyl groups excluding tert-OH is 1. The van der Waals surface area contributed by atoms with Crippen LogP contribution in [-0.4, -0.2) is 83.4 Å². The first-order valence-corrected chi connectivity index (χ1v) is 21.2. The van der Waals surface area contributed by atoms with Gasteiger partial charge in [0.25, 0.3) is 11.8 Å². The summed E-state index contributed by atoms with van der Waals surface area (Å²) in [4.78, 5) is 42.7. The van der Waals surface area contributed by atoms with Crippen LogP contribution in [0.2, 0.25) is 10.0 Å². The van der Waals surface area contributed by atoms with Crippen LogP contribution in [0.1, 0.15) is 57.9 Å². The molecule has 2 amide bonds. The smallest absolute Gasteiger partial charge is 0.273 e. The van der Waals surface area contributed by atoms with Gasteiger partial charge >= 0.3 is 0 Å². The molecule has 4 aromatic carbocycles. The van der Waals surface area contributed by atoms with Gasteiger partial charge in [-0.1, -0.05) is 150 Å². The van der Waals surface area contributed by atoms with Crippen molar-refractivity contribution in [2.75, 3.05) is 34.9 Å². The molecule has 344 valence electrons. The quantitative estimate of drug-likeness (QED) is 0.0453. The maximum Gasteiger partial charge on any atom is 0.273 e. The fourth-order valence-corrected chi connectivity index (χ4v) is 7.20. The summed E-state index contributed by atoms with van der Waals surface area (Å²) in [5, 5.41) is 45.4. The molecule has 2 heterocycles. The highest BCUT2D eigenvalue weighted by atomic mass is 35.5. The second-order valence-corrected chi connectivity index (χ2v) is 15.1. The number of nitrogens with one attached hydrogen (secondary N) is 2. The van der Waals surface area contributed by atoms with E-state index in [-0.39, 0.29) is 52.3 Å². The number of benzene rings is 4. The highest BCUT2D eigenvalue weighted by molar-refractivity contribution is 6.46. The fraction of sp³-hybridized carbons (Fsp3) is 0.224. The van der Waals surface area contributed by atoms with E-state index in [2.05, 4.69) is 30.9 Å². The lowest BCUT2D eigenvalue weighted by Crippen LogP contribution is -2.31. The zero-order valence-electron chi connectivity index (χ0n) is 36.9. The third kappa shape index (κ3) is 11.9. The first kappa shape index (κ1) is 50.1. The van der Waals surface area contributed by atoms with E-state index >= 15 is 0 Å². The predicted molar refractivity (Wildman–Crippen MR) is 252 cm³/mol. The Morgan fingerprint density at radius 3 is 1.35 bits per heavy atom. The zero-order valence-corrected chi connectivity index (χ0v) is 38.4. The van der Waals surface area contributed by atoms with Gasteiger partial charge in [0.15, 0.2) is 11.4 Å². The van der Waals surface area contributed by atoms with Crippen molar-refractivity contribution in [2.45, 2.75) is 37.8 Å². The van der Waals surface area contributed by atoms with Gasteiger partial charge in [-0.3, -0.25) is 9.59 Å². The summed E-state index contributed by atoms with van der Waals surface area (Å²) in [5.41, 5.74) is 1.97. The molecule has 66 heavy (non-hydrogen) atoms. The molecule has 0 radical (unpaired) electrons. The normalized spacial score (nSPS) is 13.2. The molecule has 0 saturated carbocycles. The number of hydrogen-bond acceptors (Lipinski definition) is 13. The maximum atomic E-state index is 12.2. The van der Waals surface area contributed by atoms with Crippen molar-refractivity contribution in [1.82, 2.24) is 20.6 Å². The van der Waals surface area contributed by atoms with E-state index in [0.29, 0.717) is 45.4 Å². The van der Waals surface area contributed by atoms with Gasteiger partial charge < -0.3 is 45.1 Å². The Morgan fingerprint density at radius 2 is 0.985 bits per heavy atom. The van der Waals surface area contributed by atoms with Crippen LogP contribution in [-0.2, 0) is 43.7 Å². The van der Waals surface area contributed by atoms with Crippen molar-refractivity contribution >= 4 is 46.4 Å². The number of rotatable bonds is 18. The monoisotopic (exact) mass is 936 g/mol. The van der Waals surface area contributed by atoms with E-state index < -0.39 is 23.7 Å². The Morgan fingerprint density at radius 1 is 0.606 bits per heavy atom.